The summed E-state index contributed by atoms with van der Waals surface area (Å²) in [5.41, 5.74) is -10.9. The fraction of sp³-hybridized carbons (Fsp3) is 0.833. The highest BCUT2D eigenvalue weighted by atomic mass is 32.3. The van der Waals surface area contributed by atoms with Gasteiger partial charge in [0.15, 0.2) is 0 Å². The third kappa shape index (κ3) is 7.12. The molecule has 0 bridgehead atoms. The lowest BCUT2D eigenvalue weighted by molar-refractivity contribution is -0.0476. The zero-order valence-electron chi connectivity index (χ0n) is 14.9. The molecule has 0 fully saturated rings. The molecule has 1 atom stereocenters. The van der Waals surface area contributed by atoms with Crippen molar-refractivity contribution < 1.29 is 43.2 Å². The van der Waals surface area contributed by atoms with E-state index < -0.39 is 35.2 Å². The Morgan fingerprint density at radius 2 is 1.44 bits per heavy atom. The highest BCUT2D eigenvalue weighted by Gasteiger charge is 2.55. The summed E-state index contributed by atoms with van der Waals surface area (Å²) in [6.07, 6.45) is 4.88. The molecule has 162 valence electrons. The quantitative estimate of drug-likeness (QED) is 0.650. The van der Waals surface area contributed by atoms with E-state index in [1.165, 1.54) is 25.1 Å². The predicted octanol–water partition coefficient (Wildman–Crippen LogP) is 2.52. The van der Waals surface area contributed by atoms with Gasteiger partial charge in [-0.25, -0.2) is 21.8 Å². The molecule has 0 aromatic heterocycles. The van der Waals surface area contributed by atoms with Crippen molar-refractivity contribution in [3.63, 3.8) is 0 Å². The zero-order chi connectivity index (χ0) is 21.8. The standard InChI is InChI=1S/C10H20N2.C2HF6NO4S2/c1-5-6-7-12-10(3)8-9(2)11(12)4;3-1(4,5)14(10,11)9-15(12,13)2(6,7)8/h8,10H,5-7H2,1-4H3;9H. The largest absolute Gasteiger partial charge is 0.512 e. The van der Waals surface area contributed by atoms with Gasteiger partial charge in [-0.15, -0.1) is 0 Å². The first kappa shape index (κ1) is 25.9. The number of hydrogen-bond acceptors (Lipinski definition) is 6. The number of hydrazine groups is 1. The molecule has 15 heteroatoms. The molecule has 1 heterocycles. The van der Waals surface area contributed by atoms with Crippen LogP contribution in [0.25, 0.3) is 0 Å². The van der Waals surface area contributed by atoms with Crippen LogP contribution in [0.3, 0.4) is 0 Å². The summed E-state index contributed by atoms with van der Waals surface area (Å²) in [6.45, 7) is 7.84. The second kappa shape index (κ2) is 8.96. The third-order valence-corrected chi connectivity index (χ3v) is 6.39. The minimum absolute atomic E-state index is 0.493. The van der Waals surface area contributed by atoms with Crippen LogP contribution < -0.4 is 4.13 Å². The van der Waals surface area contributed by atoms with Crippen molar-refractivity contribution in [3.05, 3.63) is 11.8 Å². The van der Waals surface area contributed by atoms with Crippen LogP contribution in [0.5, 0.6) is 0 Å². The van der Waals surface area contributed by atoms with E-state index in [4.69, 9.17) is 0 Å². The average molecular weight is 449 g/mol. The summed E-state index contributed by atoms with van der Waals surface area (Å²) in [6, 6.07) is 0.585. The summed E-state index contributed by atoms with van der Waals surface area (Å²) in [4.78, 5) is 0. The van der Waals surface area contributed by atoms with Gasteiger partial charge in [0.05, 0.1) is 0 Å². The molecule has 1 unspecified atom stereocenters. The Bertz CT molecular complexity index is 689. The van der Waals surface area contributed by atoms with E-state index in [0.29, 0.717) is 6.04 Å². The second-order valence-corrected chi connectivity index (χ2v) is 9.18. The minimum atomic E-state index is -6.60. The molecule has 1 rings (SSSR count). The summed E-state index contributed by atoms with van der Waals surface area (Å²) < 4.78 is 108. The third-order valence-electron chi connectivity index (χ3n) is 3.42. The van der Waals surface area contributed by atoms with Gasteiger partial charge in [0, 0.05) is 25.3 Å². The normalized spacial score (nSPS) is 19.6. The summed E-state index contributed by atoms with van der Waals surface area (Å²) in [5.74, 6) is 0. The Morgan fingerprint density at radius 3 is 1.70 bits per heavy atom. The lowest BCUT2D eigenvalue weighted by Crippen LogP contribution is -2.45. The fourth-order valence-corrected chi connectivity index (χ4v) is 3.84. The zero-order valence-corrected chi connectivity index (χ0v) is 16.5. The molecule has 0 radical (unpaired) electrons. The van der Waals surface area contributed by atoms with E-state index in [9.17, 15) is 43.2 Å². The first-order chi connectivity index (χ1) is 11.9. The van der Waals surface area contributed by atoms with Crippen LogP contribution in [-0.4, -0.2) is 57.5 Å². The molecule has 0 saturated heterocycles. The summed E-state index contributed by atoms with van der Waals surface area (Å²) >= 11 is 0. The molecule has 1 aliphatic heterocycles. The molecular formula is C12H21F6N3O4S2. The highest BCUT2D eigenvalue weighted by Crippen LogP contribution is 2.27. The Balaban J connectivity index is 0.000000511. The van der Waals surface area contributed by atoms with E-state index in [1.54, 1.807) is 0 Å². The summed E-state index contributed by atoms with van der Waals surface area (Å²) in [7, 11) is -11.0. The molecule has 0 saturated carbocycles. The molecule has 0 aromatic carbocycles. The van der Waals surface area contributed by atoms with Crippen molar-refractivity contribution in [2.45, 2.75) is 50.7 Å². The number of sulfonamides is 2. The summed E-state index contributed by atoms with van der Waals surface area (Å²) in [5, 5.41) is 4.68. The van der Waals surface area contributed by atoms with Crippen LogP contribution in [0.1, 0.15) is 33.6 Å². The van der Waals surface area contributed by atoms with Crippen molar-refractivity contribution in [1.82, 2.24) is 14.1 Å². The molecule has 1 aliphatic rings. The number of rotatable bonds is 5. The molecule has 1 N–H and O–H groups in total. The van der Waals surface area contributed by atoms with Gasteiger partial charge in [0.1, 0.15) is 0 Å². The minimum Gasteiger partial charge on any atom is -0.313 e. The highest BCUT2D eigenvalue weighted by molar-refractivity contribution is 8.05. The molecular weight excluding hydrogens is 428 g/mol. The number of halogens is 6. The van der Waals surface area contributed by atoms with Crippen molar-refractivity contribution in [1.29, 1.82) is 0 Å². The molecule has 0 aromatic rings. The SMILES string of the molecule is CCCCN1C(C)C=C(C)N1C.O=S(=O)(NS(=O)(=O)C(F)(F)F)C(F)(F)F. The first-order valence-electron chi connectivity index (χ1n) is 7.47. The number of alkyl halides is 6. The van der Waals surface area contributed by atoms with Crippen LogP contribution in [0.2, 0.25) is 0 Å². The first-order valence-corrected chi connectivity index (χ1v) is 10.4. The molecule has 0 spiro atoms. The molecule has 27 heavy (non-hydrogen) atoms. The molecule has 0 amide bonds. The van der Waals surface area contributed by atoms with Gasteiger partial charge in [0.25, 0.3) is 0 Å². The van der Waals surface area contributed by atoms with Crippen LogP contribution in [0.4, 0.5) is 26.3 Å². The molecule has 0 aliphatic carbocycles. The van der Waals surface area contributed by atoms with Crippen LogP contribution in [0.15, 0.2) is 11.8 Å². The Morgan fingerprint density at radius 1 is 1.04 bits per heavy atom. The van der Waals surface area contributed by atoms with Crippen molar-refractivity contribution in [2.24, 2.45) is 0 Å². The Kier molecular flexibility index (Phi) is 8.61. The van der Waals surface area contributed by atoms with Gasteiger partial charge < -0.3 is 5.01 Å². The van der Waals surface area contributed by atoms with E-state index in [0.717, 1.165) is 0 Å². The van der Waals surface area contributed by atoms with Gasteiger partial charge in [-0.05, 0) is 26.3 Å². The number of unbranched alkanes of at least 4 members (excludes halogenated alkanes) is 1. The predicted molar refractivity (Wildman–Crippen MR) is 85.7 cm³/mol. The lowest BCUT2D eigenvalue weighted by atomic mass is 10.3. The van der Waals surface area contributed by atoms with Gasteiger partial charge in [-0.1, -0.05) is 17.5 Å². The van der Waals surface area contributed by atoms with Crippen molar-refractivity contribution in [2.75, 3.05) is 13.6 Å². The average Bonchev–Trinajstić information content (AvgIpc) is 2.67. The Labute approximate surface area is 154 Å². The number of nitrogens with zero attached hydrogens (tertiary/aromatic N) is 2. The lowest BCUT2D eigenvalue weighted by Gasteiger charge is -2.30. The smallest absolute Gasteiger partial charge is 0.313 e. The van der Waals surface area contributed by atoms with E-state index in [2.05, 4.69) is 43.9 Å². The fourth-order valence-electron chi connectivity index (χ4n) is 1.93. The van der Waals surface area contributed by atoms with E-state index in [-0.39, 0.29) is 0 Å². The number of nitrogens with one attached hydrogen (secondary N) is 1. The van der Waals surface area contributed by atoms with Gasteiger partial charge in [-0.3, -0.25) is 0 Å². The van der Waals surface area contributed by atoms with Gasteiger partial charge in [0.2, 0.25) is 0 Å². The van der Waals surface area contributed by atoms with Gasteiger partial charge in [-0.2, -0.15) is 26.3 Å². The van der Waals surface area contributed by atoms with Crippen molar-refractivity contribution in [3.8, 4) is 0 Å². The van der Waals surface area contributed by atoms with Gasteiger partial charge >= 0.3 is 31.1 Å². The van der Waals surface area contributed by atoms with Crippen LogP contribution >= 0.6 is 0 Å². The second-order valence-electron chi connectivity index (χ2n) is 5.57. The van der Waals surface area contributed by atoms with Crippen molar-refractivity contribution >= 4 is 20.0 Å². The maximum atomic E-state index is 11.5. The number of allylic oxidation sites excluding steroid dienone is 1. The maximum Gasteiger partial charge on any atom is 0.512 e. The topological polar surface area (TPSA) is 86.8 Å². The van der Waals surface area contributed by atoms with Crippen LogP contribution in [-0.2, 0) is 20.0 Å². The van der Waals surface area contributed by atoms with E-state index >= 15 is 0 Å². The Hall–Kier alpha value is -1.06. The van der Waals surface area contributed by atoms with Crippen LogP contribution in [0, 0.1) is 0 Å². The number of hydrogen-bond donors (Lipinski definition) is 1. The molecule has 7 nitrogen and oxygen atoms in total. The maximum absolute atomic E-state index is 11.5. The monoisotopic (exact) mass is 449 g/mol. The van der Waals surface area contributed by atoms with E-state index in [1.807, 2.05) is 0 Å².